The molecule has 1 aromatic heterocycles. The minimum absolute atomic E-state index is 0.201. The van der Waals surface area contributed by atoms with E-state index in [0.717, 1.165) is 0 Å². The summed E-state index contributed by atoms with van der Waals surface area (Å²) >= 11 is 6.78. The molecule has 0 unspecified atom stereocenters. The van der Waals surface area contributed by atoms with E-state index in [-0.39, 0.29) is 17.6 Å². The third-order valence-electron chi connectivity index (χ3n) is 1.08. The Labute approximate surface area is 78.8 Å². The average molecular weight is 201 g/mol. The van der Waals surface area contributed by atoms with Crippen molar-refractivity contribution in [1.29, 1.82) is 0 Å². The lowest BCUT2D eigenvalue weighted by atomic mass is 10.5. The fourth-order valence-electron chi connectivity index (χ4n) is 0.591. The summed E-state index contributed by atoms with van der Waals surface area (Å²) < 4.78 is 0. The van der Waals surface area contributed by atoms with Gasteiger partial charge in [-0.2, -0.15) is 0 Å². The number of aromatic nitrogens is 1. The summed E-state index contributed by atoms with van der Waals surface area (Å²) in [5, 5.41) is 2.70. The molecule has 0 aliphatic heterocycles. The van der Waals surface area contributed by atoms with Crippen LogP contribution in [0.15, 0.2) is 5.51 Å². The number of carbonyl (C=O) groups excluding carboxylic acids is 1. The standard InChI is InChI=1S/C7H5ClN2OS/c1-2-3-9-7(11)5-6(8)10-4-12-5/h1,4H,3H2,(H,9,11). The van der Waals surface area contributed by atoms with Crippen molar-refractivity contribution in [2.75, 3.05) is 6.54 Å². The molecule has 1 amide bonds. The third kappa shape index (κ3) is 1.97. The highest BCUT2D eigenvalue weighted by Crippen LogP contribution is 2.17. The number of amides is 1. The van der Waals surface area contributed by atoms with Gasteiger partial charge in [0, 0.05) is 0 Å². The molecule has 0 atom stereocenters. The van der Waals surface area contributed by atoms with Gasteiger partial charge >= 0.3 is 0 Å². The van der Waals surface area contributed by atoms with Crippen molar-refractivity contribution in [1.82, 2.24) is 10.3 Å². The van der Waals surface area contributed by atoms with E-state index >= 15 is 0 Å². The molecule has 0 aliphatic carbocycles. The van der Waals surface area contributed by atoms with Gasteiger partial charge < -0.3 is 5.32 Å². The minimum Gasteiger partial charge on any atom is -0.340 e. The van der Waals surface area contributed by atoms with Crippen LogP contribution in [0.4, 0.5) is 0 Å². The summed E-state index contributed by atoms with van der Waals surface area (Å²) in [6.07, 6.45) is 4.96. The highest BCUT2D eigenvalue weighted by molar-refractivity contribution is 7.12. The predicted octanol–water partition coefficient (Wildman–Crippen LogP) is 1.16. The fraction of sp³-hybridized carbons (Fsp3) is 0.143. The first kappa shape index (κ1) is 9.04. The van der Waals surface area contributed by atoms with Crippen LogP contribution >= 0.6 is 22.9 Å². The largest absolute Gasteiger partial charge is 0.340 e. The first-order valence-electron chi connectivity index (χ1n) is 3.06. The smallest absolute Gasteiger partial charge is 0.265 e. The van der Waals surface area contributed by atoms with Crippen molar-refractivity contribution in [2.45, 2.75) is 0 Å². The van der Waals surface area contributed by atoms with Gasteiger partial charge in [-0.3, -0.25) is 4.79 Å². The van der Waals surface area contributed by atoms with Gasteiger partial charge in [0.1, 0.15) is 4.88 Å². The molecule has 5 heteroatoms. The summed E-state index contributed by atoms with van der Waals surface area (Å²) in [6.45, 7) is 0.201. The van der Waals surface area contributed by atoms with Crippen LogP contribution in [-0.2, 0) is 0 Å². The summed E-state index contributed by atoms with van der Waals surface area (Å²) in [6, 6.07) is 0. The lowest BCUT2D eigenvalue weighted by Gasteiger charge is -1.96. The zero-order chi connectivity index (χ0) is 8.97. The molecule has 0 fully saturated rings. The molecule has 62 valence electrons. The van der Waals surface area contributed by atoms with Crippen LogP contribution in [0.1, 0.15) is 9.67 Å². The molecule has 1 aromatic rings. The van der Waals surface area contributed by atoms with Gasteiger partial charge in [0.2, 0.25) is 0 Å². The van der Waals surface area contributed by atoms with Crippen molar-refractivity contribution in [3.63, 3.8) is 0 Å². The van der Waals surface area contributed by atoms with Crippen LogP contribution in [0.2, 0.25) is 5.15 Å². The van der Waals surface area contributed by atoms with E-state index in [1.807, 2.05) is 0 Å². The summed E-state index contributed by atoms with van der Waals surface area (Å²) in [4.78, 5) is 15.3. The molecule has 0 aromatic carbocycles. The van der Waals surface area contributed by atoms with Gasteiger partial charge in [-0.15, -0.1) is 17.8 Å². The highest BCUT2D eigenvalue weighted by atomic mass is 35.5. The molecule has 1 heterocycles. The maximum Gasteiger partial charge on any atom is 0.265 e. The summed E-state index contributed by atoms with van der Waals surface area (Å²) in [5.41, 5.74) is 1.51. The normalized spacial score (nSPS) is 9.00. The number of rotatable bonds is 2. The van der Waals surface area contributed by atoms with Crippen LogP contribution in [0, 0.1) is 12.3 Å². The van der Waals surface area contributed by atoms with Gasteiger partial charge in [-0.05, 0) is 0 Å². The SMILES string of the molecule is C#CCNC(=O)c1scnc1Cl. The molecule has 0 radical (unpaired) electrons. The Bertz CT molecular complexity index is 328. The second-order valence-corrected chi connectivity index (χ2v) is 3.07. The van der Waals surface area contributed by atoms with Gasteiger partial charge in [-0.1, -0.05) is 17.5 Å². The van der Waals surface area contributed by atoms with Crippen molar-refractivity contribution < 1.29 is 4.79 Å². The molecule has 0 spiro atoms. The Hall–Kier alpha value is -1.05. The Morgan fingerprint density at radius 1 is 1.92 bits per heavy atom. The number of thiazole rings is 1. The summed E-state index contributed by atoms with van der Waals surface area (Å²) in [7, 11) is 0. The number of nitrogens with zero attached hydrogens (tertiary/aromatic N) is 1. The average Bonchev–Trinajstić information content (AvgIpc) is 2.47. The van der Waals surface area contributed by atoms with Crippen LogP contribution in [0.3, 0.4) is 0 Å². The van der Waals surface area contributed by atoms with E-state index in [9.17, 15) is 4.79 Å². The highest BCUT2D eigenvalue weighted by Gasteiger charge is 2.11. The Kier molecular flexibility index (Phi) is 3.09. The van der Waals surface area contributed by atoms with Gasteiger partial charge in [0.05, 0.1) is 12.1 Å². The van der Waals surface area contributed by atoms with Crippen molar-refractivity contribution >= 4 is 28.8 Å². The molecular weight excluding hydrogens is 196 g/mol. The number of carbonyl (C=O) groups is 1. The number of hydrogen-bond acceptors (Lipinski definition) is 3. The van der Waals surface area contributed by atoms with E-state index in [2.05, 4.69) is 16.2 Å². The van der Waals surface area contributed by atoms with Crippen LogP contribution in [-0.4, -0.2) is 17.4 Å². The molecule has 12 heavy (non-hydrogen) atoms. The predicted molar refractivity (Wildman–Crippen MR) is 48.3 cm³/mol. The molecule has 0 saturated carbocycles. The van der Waals surface area contributed by atoms with Gasteiger partial charge in [0.25, 0.3) is 5.91 Å². The zero-order valence-corrected chi connectivity index (χ0v) is 7.58. The lowest BCUT2D eigenvalue weighted by molar-refractivity contribution is 0.0962. The monoisotopic (exact) mass is 200 g/mol. The lowest BCUT2D eigenvalue weighted by Crippen LogP contribution is -2.22. The third-order valence-corrected chi connectivity index (χ3v) is 2.31. The quantitative estimate of drug-likeness (QED) is 0.728. The Morgan fingerprint density at radius 2 is 2.67 bits per heavy atom. The van der Waals surface area contributed by atoms with Crippen molar-refractivity contribution in [3.05, 3.63) is 15.5 Å². The number of terminal acetylenes is 1. The second-order valence-electron chi connectivity index (χ2n) is 1.86. The molecule has 0 aliphatic rings. The molecule has 1 N–H and O–H groups in total. The maximum atomic E-state index is 11.2. The van der Waals surface area contributed by atoms with Crippen LogP contribution in [0.5, 0.6) is 0 Å². The minimum atomic E-state index is -0.277. The van der Waals surface area contributed by atoms with Crippen molar-refractivity contribution in [2.24, 2.45) is 0 Å². The van der Waals surface area contributed by atoms with Crippen LogP contribution in [0.25, 0.3) is 0 Å². The molecule has 1 rings (SSSR count). The van der Waals surface area contributed by atoms with Gasteiger partial charge in [-0.25, -0.2) is 4.98 Å². The van der Waals surface area contributed by atoms with Gasteiger partial charge in [0.15, 0.2) is 5.15 Å². The number of hydrogen-bond donors (Lipinski definition) is 1. The molecule has 3 nitrogen and oxygen atoms in total. The second kappa shape index (κ2) is 4.10. The van der Waals surface area contributed by atoms with E-state index in [0.29, 0.717) is 4.88 Å². The topological polar surface area (TPSA) is 42.0 Å². The maximum absolute atomic E-state index is 11.2. The number of halogens is 1. The Morgan fingerprint density at radius 3 is 3.17 bits per heavy atom. The van der Waals surface area contributed by atoms with Crippen LogP contribution < -0.4 is 5.32 Å². The Balaban J connectivity index is 2.67. The summed E-state index contributed by atoms with van der Waals surface area (Å²) in [5.74, 6) is 2.01. The molecule has 0 saturated heterocycles. The van der Waals surface area contributed by atoms with E-state index in [1.54, 1.807) is 0 Å². The zero-order valence-electron chi connectivity index (χ0n) is 6.00. The number of nitrogens with one attached hydrogen (secondary N) is 1. The molecular formula is C7H5ClN2OS. The van der Waals surface area contributed by atoms with E-state index in [4.69, 9.17) is 18.0 Å². The van der Waals surface area contributed by atoms with Crippen molar-refractivity contribution in [3.8, 4) is 12.3 Å². The fourth-order valence-corrected chi connectivity index (χ4v) is 1.51. The first-order valence-corrected chi connectivity index (χ1v) is 4.32. The van der Waals surface area contributed by atoms with E-state index in [1.165, 1.54) is 16.8 Å². The first-order chi connectivity index (χ1) is 5.75. The molecule has 0 bridgehead atoms. The van der Waals surface area contributed by atoms with E-state index < -0.39 is 0 Å².